The second-order valence-electron chi connectivity index (χ2n) is 7.59. The maximum atomic E-state index is 12.5. The van der Waals surface area contributed by atoms with Crippen molar-refractivity contribution in [3.05, 3.63) is 29.3 Å². The fourth-order valence-corrected chi connectivity index (χ4v) is 4.39. The highest BCUT2D eigenvalue weighted by Crippen LogP contribution is 2.28. The third kappa shape index (κ3) is 7.01. The van der Waals surface area contributed by atoms with E-state index in [0.29, 0.717) is 18.3 Å². The molecule has 154 valence electrons. The number of halogens is 3. The molecule has 0 spiro atoms. The van der Waals surface area contributed by atoms with Crippen LogP contribution in [0.1, 0.15) is 39.0 Å². The first-order valence-corrected chi connectivity index (χ1v) is 10.0. The normalized spacial score (nSPS) is 23.6. The number of para-hydroxylation sites is 1. The maximum absolute atomic E-state index is 12.5. The number of nitrogens with one attached hydrogen (secondary N) is 2. The van der Waals surface area contributed by atoms with Crippen LogP contribution >= 0.6 is 36.4 Å². The molecular weight excluding hydrogens is 405 g/mol. The minimum Gasteiger partial charge on any atom is -0.368 e. The Kier molecular flexibility index (Phi) is 10.8. The van der Waals surface area contributed by atoms with Gasteiger partial charge in [0.1, 0.15) is 0 Å². The number of anilines is 1. The molecule has 3 rings (SSSR count). The summed E-state index contributed by atoms with van der Waals surface area (Å²) in [5.41, 5.74) is 1.07. The number of carbonyl (C=O) groups is 1. The predicted octanol–water partition coefficient (Wildman–Crippen LogP) is 4.29. The van der Waals surface area contributed by atoms with E-state index in [1.165, 1.54) is 12.8 Å². The molecule has 2 aliphatic rings. The molecule has 27 heavy (non-hydrogen) atoms. The molecule has 1 amide bonds. The fraction of sp³-hybridized carbons (Fsp3) is 0.650. The van der Waals surface area contributed by atoms with E-state index < -0.39 is 0 Å². The van der Waals surface area contributed by atoms with Crippen LogP contribution < -0.4 is 15.5 Å². The Bertz CT molecular complexity index is 581. The third-order valence-electron chi connectivity index (χ3n) is 5.63. The largest absolute Gasteiger partial charge is 0.368 e. The maximum Gasteiger partial charge on any atom is 0.220 e. The summed E-state index contributed by atoms with van der Waals surface area (Å²) in [5.74, 6) is 1.27. The second kappa shape index (κ2) is 12.0. The third-order valence-corrected chi connectivity index (χ3v) is 5.95. The van der Waals surface area contributed by atoms with Crippen molar-refractivity contribution in [1.82, 2.24) is 10.6 Å². The van der Waals surface area contributed by atoms with Crippen LogP contribution in [0.2, 0.25) is 5.02 Å². The SMILES string of the molecule is CC(CC(=O)NC1CCCN(c2ccccc2Cl)C1)C1CCCNC1.Cl.Cl. The van der Waals surface area contributed by atoms with Gasteiger partial charge in [0.15, 0.2) is 0 Å². The highest BCUT2D eigenvalue weighted by atomic mass is 35.5. The van der Waals surface area contributed by atoms with Gasteiger partial charge in [0.25, 0.3) is 0 Å². The molecule has 0 saturated carbocycles. The van der Waals surface area contributed by atoms with E-state index >= 15 is 0 Å². The van der Waals surface area contributed by atoms with Gasteiger partial charge in [0.2, 0.25) is 5.91 Å². The van der Waals surface area contributed by atoms with E-state index in [-0.39, 0.29) is 36.8 Å². The van der Waals surface area contributed by atoms with Crippen molar-refractivity contribution in [1.29, 1.82) is 0 Å². The first kappa shape index (κ1) is 24.4. The van der Waals surface area contributed by atoms with Gasteiger partial charge < -0.3 is 15.5 Å². The smallest absolute Gasteiger partial charge is 0.220 e. The molecule has 7 heteroatoms. The summed E-state index contributed by atoms with van der Waals surface area (Å²) in [6, 6.07) is 8.18. The van der Waals surface area contributed by atoms with E-state index in [0.717, 1.165) is 49.7 Å². The Balaban J connectivity index is 0.00000182. The van der Waals surface area contributed by atoms with Crippen molar-refractivity contribution in [2.45, 2.75) is 45.1 Å². The zero-order valence-corrected chi connectivity index (χ0v) is 18.3. The average molecular weight is 437 g/mol. The van der Waals surface area contributed by atoms with Crippen LogP contribution in [-0.4, -0.2) is 38.1 Å². The van der Waals surface area contributed by atoms with Gasteiger partial charge in [0, 0.05) is 25.6 Å². The first-order chi connectivity index (χ1) is 12.1. The highest BCUT2D eigenvalue weighted by Gasteiger charge is 2.25. The Hall–Kier alpha value is -0.680. The molecule has 4 nitrogen and oxygen atoms in total. The molecule has 0 bridgehead atoms. The van der Waals surface area contributed by atoms with Crippen molar-refractivity contribution in [3.8, 4) is 0 Å². The standard InChI is InChI=1S/C20H30ClN3O.2ClH/c1-15(16-6-4-10-22-13-16)12-20(25)23-17-7-5-11-24(14-17)19-9-3-2-8-18(19)21;;/h2-3,8-9,15-17,22H,4-7,10-14H2,1H3,(H,23,25);2*1H. The van der Waals surface area contributed by atoms with Crippen LogP contribution in [0.5, 0.6) is 0 Å². The van der Waals surface area contributed by atoms with Gasteiger partial charge in [-0.3, -0.25) is 4.79 Å². The molecule has 0 aliphatic carbocycles. The number of nitrogens with zero attached hydrogens (tertiary/aromatic N) is 1. The lowest BCUT2D eigenvalue weighted by molar-refractivity contribution is -0.123. The van der Waals surface area contributed by atoms with E-state index in [1.54, 1.807) is 0 Å². The van der Waals surface area contributed by atoms with Gasteiger partial charge in [0.05, 0.1) is 10.7 Å². The quantitative estimate of drug-likeness (QED) is 0.723. The van der Waals surface area contributed by atoms with Crippen LogP contribution in [0.15, 0.2) is 24.3 Å². The molecular formula is C20H32Cl3N3O. The van der Waals surface area contributed by atoms with E-state index in [1.807, 2.05) is 18.2 Å². The lowest BCUT2D eigenvalue weighted by Crippen LogP contribution is -2.48. The monoisotopic (exact) mass is 435 g/mol. The first-order valence-electron chi connectivity index (χ1n) is 9.63. The molecule has 2 aliphatic heterocycles. The van der Waals surface area contributed by atoms with Gasteiger partial charge in [-0.2, -0.15) is 0 Å². The predicted molar refractivity (Wildman–Crippen MR) is 119 cm³/mol. The van der Waals surface area contributed by atoms with Crippen molar-refractivity contribution in [3.63, 3.8) is 0 Å². The number of carbonyl (C=O) groups excluding carboxylic acids is 1. The number of benzene rings is 1. The Morgan fingerprint density at radius 2 is 2.07 bits per heavy atom. The molecule has 1 aromatic carbocycles. The Labute approximate surface area is 180 Å². The minimum absolute atomic E-state index is 0. The Morgan fingerprint density at radius 3 is 2.78 bits per heavy atom. The summed E-state index contributed by atoms with van der Waals surface area (Å²) in [6.45, 7) is 6.23. The molecule has 2 N–H and O–H groups in total. The molecule has 3 unspecified atom stereocenters. The van der Waals surface area contributed by atoms with Gasteiger partial charge >= 0.3 is 0 Å². The van der Waals surface area contributed by atoms with Gasteiger partial charge in [-0.15, -0.1) is 24.8 Å². The highest BCUT2D eigenvalue weighted by molar-refractivity contribution is 6.33. The van der Waals surface area contributed by atoms with Gasteiger partial charge in [-0.25, -0.2) is 0 Å². The fourth-order valence-electron chi connectivity index (χ4n) is 4.13. The van der Waals surface area contributed by atoms with E-state index in [4.69, 9.17) is 11.6 Å². The Morgan fingerprint density at radius 1 is 1.30 bits per heavy atom. The van der Waals surface area contributed by atoms with Crippen LogP contribution in [0.4, 0.5) is 5.69 Å². The van der Waals surface area contributed by atoms with Crippen LogP contribution in [0.25, 0.3) is 0 Å². The molecule has 0 aromatic heterocycles. The second-order valence-corrected chi connectivity index (χ2v) is 8.00. The summed E-state index contributed by atoms with van der Waals surface area (Å²) in [7, 11) is 0. The summed E-state index contributed by atoms with van der Waals surface area (Å²) < 4.78 is 0. The summed E-state index contributed by atoms with van der Waals surface area (Å²) in [5, 5.41) is 7.50. The van der Waals surface area contributed by atoms with E-state index in [9.17, 15) is 4.79 Å². The molecule has 1 aromatic rings. The van der Waals surface area contributed by atoms with Crippen LogP contribution in [0, 0.1) is 11.8 Å². The molecule has 2 saturated heterocycles. The minimum atomic E-state index is 0. The topological polar surface area (TPSA) is 44.4 Å². The molecule has 3 atom stereocenters. The number of rotatable bonds is 5. The lowest BCUT2D eigenvalue weighted by Gasteiger charge is -2.35. The summed E-state index contributed by atoms with van der Waals surface area (Å²) in [6.07, 6.45) is 5.23. The molecule has 2 fully saturated rings. The van der Waals surface area contributed by atoms with Crippen molar-refractivity contribution in [2.75, 3.05) is 31.1 Å². The van der Waals surface area contributed by atoms with Crippen molar-refractivity contribution in [2.24, 2.45) is 11.8 Å². The summed E-state index contributed by atoms with van der Waals surface area (Å²) in [4.78, 5) is 14.8. The van der Waals surface area contributed by atoms with Crippen LogP contribution in [-0.2, 0) is 4.79 Å². The van der Waals surface area contributed by atoms with Gasteiger partial charge in [-0.05, 0) is 62.7 Å². The van der Waals surface area contributed by atoms with Gasteiger partial charge in [-0.1, -0.05) is 30.7 Å². The van der Waals surface area contributed by atoms with Crippen LogP contribution in [0.3, 0.4) is 0 Å². The molecule has 2 heterocycles. The van der Waals surface area contributed by atoms with Crippen molar-refractivity contribution < 1.29 is 4.79 Å². The molecule has 0 radical (unpaired) electrons. The number of hydrogen-bond acceptors (Lipinski definition) is 3. The average Bonchev–Trinajstić information content (AvgIpc) is 2.63. The number of hydrogen-bond donors (Lipinski definition) is 2. The van der Waals surface area contributed by atoms with Crippen molar-refractivity contribution >= 4 is 48.0 Å². The zero-order chi connectivity index (χ0) is 17.6. The number of amides is 1. The zero-order valence-electron chi connectivity index (χ0n) is 16.0. The lowest BCUT2D eigenvalue weighted by atomic mass is 9.85. The summed E-state index contributed by atoms with van der Waals surface area (Å²) >= 11 is 6.33. The number of piperidine rings is 2. The van der Waals surface area contributed by atoms with E-state index in [2.05, 4.69) is 28.5 Å².